The highest BCUT2D eigenvalue weighted by Crippen LogP contribution is 2.25. The summed E-state index contributed by atoms with van der Waals surface area (Å²) in [5.74, 6) is 0.618. The average Bonchev–Trinajstić information content (AvgIpc) is 3.10. The Bertz CT molecular complexity index is 1140. The maximum Gasteiger partial charge on any atom is 0.252 e. The quantitative estimate of drug-likeness (QED) is 0.309. The molecule has 0 radical (unpaired) electrons. The molecule has 0 N–H and O–H groups in total. The largest absolute Gasteiger partial charge is 0.436 e. The number of aryl methyl sites for hydroxylation is 1. The van der Waals surface area contributed by atoms with E-state index in [-0.39, 0.29) is 0 Å². The Morgan fingerprint density at radius 3 is 2.19 bits per heavy atom. The van der Waals surface area contributed by atoms with Gasteiger partial charge in [-0.3, -0.25) is 4.79 Å². The first-order valence-electron chi connectivity index (χ1n) is 8.54. The van der Waals surface area contributed by atoms with Crippen molar-refractivity contribution in [1.82, 2.24) is 4.98 Å². The Hall–Kier alpha value is -3.17. The summed E-state index contributed by atoms with van der Waals surface area (Å²) in [6, 6.07) is 21.2. The van der Waals surface area contributed by atoms with Gasteiger partial charge in [-0.2, -0.15) is 0 Å². The molecule has 3 aromatic carbocycles. The summed E-state index contributed by atoms with van der Waals surface area (Å²) in [5.41, 5.74) is 6.29. The second-order valence-electron chi connectivity index (χ2n) is 6.34. The van der Waals surface area contributed by atoms with E-state index in [1.807, 2.05) is 73.7 Å². The number of hydrogen-bond acceptors (Lipinski definition) is 3. The summed E-state index contributed by atoms with van der Waals surface area (Å²) in [7, 11) is 0. The van der Waals surface area contributed by atoms with Crippen LogP contribution in [0.4, 0.5) is 0 Å². The predicted octanol–water partition coefficient (Wildman–Crippen LogP) is 6.35. The van der Waals surface area contributed by atoms with Crippen molar-refractivity contribution >= 4 is 40.1 Å². The van der Waals surface area contributed by atoms with Crippen molar-refractivity contribution in [2.45, 2.75) is 6.92 Å². The number of carbonyl (C=O) groups is 1. The van der Waals surface area contributed by atoms with Crippen LogP contribution in [0, 0.1) is 6.92 Å². The van der Waals surface area contributed by atoms with E-state index in [9.17, 15) is 4.79 Å². The van der Waals surface area contributed by atoms with Gasteiger partial charge in [0.25, 0.3) is 5.24 Å². The Balaban J connectivity index is 1.53. The summed E-state index contributed by atoms with van der Waals surface area (Å²) in [6.07, 6.45) is 4.00. The van der Waals surface area contributed by atoms with E-state index in [1.165, 1.54) is 0 Å². The third-order valence-electron chi connectivity index (χ3n) is 4.31. The van der Waals surface area contributed by atoms with Crippen molar-refractivity contribution in [2.24, 2.45) is 0 Å². The third kappa shape index (κ3) is 3.83. The van der Waals surface area contributed by atoms with Gasteiger partial charge in [0.1, 0.15) is 5.52 Å². The minimum absolute atomic E-state index is 0.449. The number of hydrogen-bond donors (Lipinski definition) is 0. The third-order valence-corrected chi connectivity index (χ3v) is 4.53. The van der Waals surface area contributed by atoms with Crippen molar-refractivity contribution in [3.8, 4) is 11.5 Å². The van der Waals surface area contributed by atoms with Crippen LogP contribution in [0.15, 0.2) is 71.1 Å². The zero-order valence-corrected chi connectivity index (χ0v) is 15.4. The molecule has 0 aliphatic carbocycles. The van der Waals surface area contributed by atoms with Crippen molar-refractivity contribution in [2.75, 3.05) is 0 Å². The molecule has 0 aliphatic rings. The maximum absolute atomic E-state index is 11.1. The number of aromatic nitrogens is 1. The van der Waals surface area contributed by atoms with Gasteiger partial charge in [-0.15, -0.1) is 0 Å². The molecule has 0 atom stereocenters. The number of fused-ring (bicyclic) bond motifs is 1. The van der Waals surface area contributed by atoms with E-state index in [1.54, 1.807) is 12.1 Å². The van der Waals surface area contributed by atoms with Crippen molar-refractivity contribution in [3.63, 3.8) is 0 Å². The molecule has 4 heteroatoms. The fourth-order valence-corrected chi connectivity index (χ4v) is 2.94. The molecule has 0 amide bonds. The Labute approximate surface area is 161 Å². The topological polar surface area (TPSA) is 43.1 Å². The highest BCUT2D eigenvalue weighted by atomic mass is 35.5. The number of oxazole rings is 1. The van der Waals surface area contributed by atoms with Gasteiger partial charge in [-0.05, 0) is 71.6 Å². The molecule has 0 spiro atoms. The Kier molecular flexibility index (Phi) is 4.61. The van der Waals surface area contributed by atoms with Gasteiger partial charge < -0.3 is 4.42 Å². The van der Waals surface area contributed by atoms with Crippen LogP contribution in [0.3, 0.4) is 0 Å². The minimum Gasteiger partial charge on any atom is -0.436 e. The summed E-state index contributed by atoms with van der Waals surface area (Å²) in [5, 5.41) is -0.449. The van der Waals surface area contributed by atoms with Gasteiger partial charge in [-0.1, -0.05) is 42.5 Å². The fraction of sp³-hybridized carbons (Fsp3) is 0.0435. The first kappa shape index (κ1) is 17.3. The number of carbonyl (C=O) groups excluding carboxylic acids is 1. The Morgan fingerprint density at radius 2 is 1.56 bits per heavy atom. The van der Waals surface area contributed by atoms with Crippen LogP contribution in [-0.2, 0) is 0 Å². The molecular weight excluding hydrogens is 358 g/mol. The van der Waals surface area contributed by atoms with Gasteiger partial charge in [0.15, 0.2) is 5.58 Å². The van der Waals surface area contributed by atoms with Gasteiger partial charge in [-0.25, -0.2) is 4.98 Å². The van der Waals surface area contributed by atoms with Crippen LogP contribution in [-0.4, -0.2) is 10.2 Å². The molecule has 0 saturated carbocycles. The molecule has 1 aromatic heterocycles. The number of halogens is 1. The van der Waals surface area contributed by atoms with Crippen LogP contribution < -0.4 is 0 Å². The summed E-state index contributed by atoms with van der Waals surface area (Å²) >= 11 is 5.46. The lowest BCUT2D eigenvalue weighted by molar-refractivity contribution is 0.108. The standard InChI is InChI=1S/C23H16ClNO2/c1-15-2-13-20-21(14-15)27-23(25-20)19-11-7-17(8-12-19)4-3-16-5-9-18(10-6-16)22(24)26/h2-14H,1H3. The molecular formula is C23H16ClNO2. The van der Waals surface area contributed by atoms with Crippen molar-refractivity contribution < 1.29 is 9.21 Å². The molecule has 4 aromatic rings. The number of nitrogens with zero attached hydrogens (tertiary/aromatic N) is 1. The minimum atomic E-state index is -0.449. The van der Waals surface area contributed by atoms with Crippen LogP contribution in [0.25, 0.3) is 34.7 Å². The van der Waals surface area contributed by atoms with Gasteiger partial charge in [0.2, 0.25) is 5.89 Å². The van der Waals surface area contributed by atoms with Crippen molar-refractivity contribution in [1.29, 1.82) is 0 Å². The lowest BCUT2D eigenvalue weighted by atomic mass is 10.1. The molecule has 0 aliphatic heterocycles. The monoisotopic (exact) mass is 373 g/mol. The van der Waals surface area contributed by atoms with E-state index < -0.39 is 5.24 Å². The lowest BCUT2D eigenvalue weighted by Gasteiger charge is -1.98. The highest BCUT2D eigenvalue weighted by molar-refractivity contribution is 6.67. The summed E-state index contributed by atoms with van der Waals surface area (Å²) in [4.78, 5) is 15.6. The average molecular weight is 374 g/mol. The predicted molar refractivity (Wildman–Crippen MR) is 110 cm³/mol. The van der Waals surface area contributed by atoms with E-state index >= 15 is 0 Å². The zero-order chi connectivity index (χ0) is 18.8. The van der Waals surface area contributed by atoms with Gasteiger partial charge in [0.05, 0.1) is 0 Å². The van der Waals surface area contributed by atoms with Crippen molar-refractivity contribution in [3.05, 3.63) is 89.0 Å². The second-order valence-corrected chi connectivity index (χ2v) is 6.68. The van der Waals surface area contributed by atoms with E-state index in [2.05, 4.69) is 4.98 Å². The summed E-state index contributed by atoms with van der Waals surface area (Å²) in [6.45, 7) is 2.03. The van der Waals surface area contributed by atoms with E-state index in [4.69, 9.17) is 16.0 Å². The first-order valence-corrected chi connectivity index (χ1v) is 8.92. The lowest BCUT2D eigenvalue weighted by Crippen LogP contribution is -1.87. The number of rotatable bonds is 4. The molecule has 0 saturated heterocycles. The smallest absolute Gasteiger partial charge is 0.252 e. The van der Waals surface area contributed by atoms with E-state index in [0.29, 0.717) is 11.5 Å². The van der Waals surface area contributed by atoms with Gasteiger partial charge in [0, 0.05) is 11.1 Å². The second kappa shape index (κ2) is 7.22. The number of benzene rings is 3. The van der Waals surface area contributed by atoms with E-state index in [0.717, 1.165) is 33.4 Å². The molecule has 4 rings (SSSR count). The molecule has 0 fully saturated rings. The Morgan fingerprint density at radius 1 is 0.926 bits per heavy atom. The molecule has 0 bridgehead atoms. The molecule has 132 valence electrons. The zero-order valence-electron chi connectivity index (χ0n) is 14.6. The van der Waals surface area contributed by atoms with Crippen LogP contribution in [0.1, 0.15) is 27.0 Å². The van der Waals surface area contributed by atoms with Crippen LogP contribution in [0.2, 0.25) is 0 Å². The first-order chi connectivity index (χ1) is 13.1. The maximum atomic E-state index is 11.1. The normalized spacial score (nSPS) is 11.3. The highest BCUT2D eigenvalue weighted by Gasteiger charge is 2.08. The molecule has 1 heterocycles. The summed E-state index contributed by atoms with van der Waals surface area (Å²) < 4.78 is 5.87. The molecule has 3 nitrogen and oxygen atoms in total. The van der Waals surface area contributed by atoms with Crippen LogP contribution in [0.5, 0.6) is 0 Å². The SMILES string of the molecule is Cc1ccc2nc(-c3ccc(C=Cc4ccc(C(=O)Cl)cc4)cc3)oc2c1. The van der Waals surface area contributed by atoms with Crippen LogP contribution >= 0.6 is 11.6 Å². The molecule has 0 unspecified atom stereocenters. The fourth-order valence-electron chi connectivity index (χ4n) is 2.81. The van der Waals surface area contributed by atoms with Gasteiger partial charge >= 0.3 is 0 Å². The molecule has 27 heavy (non-hydrogen) atoms.